The number of esters is 1. The number of hydrogen-bond acceptors (Lipinski definition) is 6. The van der Waals surface area contributed by atoms with Gasteiger partial charge in [-0.15, -0.1) is 0 Å². The van der Waals surface area contributed by atoms with Crippen molar-refractivity contribution in [1.82, 2.24) is 0 Å². The van der Waals surface area contributed by atoms with Crippen molar-refractivity contribution in [1.29, 1.82) is 0 Å². The molecule has 0 fully saturated rings. The minimum absolute atomic E-state index is 0.142. The van der Waals surface area contributed by atoms with Crippen LogP contribution in [0.1, 0.15) is 20.8 Å². The number of carbonyl (C=O) groups excluding carboxylic acids is 2. The molecule has 0 aromatic heterocycles. The van der Waals surface area contributed by atoms with E-state index < -0.39 is 23.6 Å². The molecule has 0 bridgehead atoms. The smallest absolute Gasteiger partial charge is 0.350 e. The van der Waals surface area contributed by atoms with E-state index in [1.54, 1.807) is 56.3 Å². The summed E-state index contributed by atoms with van der Waals surface area (Å²) in [4.78, 5) is 24.8. The van der Waals surface area contributed by atoms with Crippen molar-refractivity contribution < 1.29 is 28.5 Å². The Morgan fingerprint density at radius 2 is 1.79 bits per heavy atom. The van der Waals surface area contributed by atoms with Crippen molar-refractivity contribution in [2.24, 2.45) is 0 Å². The summed E-state index contributed by atoms with van der Waals surface area (Å²) in [6.07, 6.45) is -1.02. The maximum Gasteiger partial charge on any atom is 0.350 e. The van der Waals surface area contributed by atoms with E-state index >= 15 is 0 Å². The Balaban J connectivity index is 1.57. The second kappa shape index (κ2) is 7.98. The number of ether oxygens (including phenoxy) is 4. The van der Waals surface area contributed by atoms with Crippen LogP contribution in [0.2, 0.25) is 5.02 Å². The molecule has 0 radical (unpaired) electrons. The van der Waals surface area contributed by atoms with Crippen molar-refractivity contribution in [3.05, 3.63) is 47.5 Å². The molecule has 1 amide bonds. The fourth-order valence-corrected chi connectivity index (χ4v) is 2.54. The highest BCUT2D eigenvalue weighted by Crippen LogP contribution is 2.34. The number of anilines is 1. The van der Waals surface area contributed by atoms with E-state index in [0.717, 1.165) is 0 Å². The van der Waals surface area contributed by atoms with Crippen LogP contribution in [0.4, 0.5) is 5.69 Å². The average Bonchev–Trinajstić information content (AvgIpc) is 3.11. The summed E-state index contributed by atoms with van der Waals surface area (Å²) in [5, 5.41) is 3.23. The third-order valence-corrected chi connectivity index (χ3v) is 4.22. The highest BCUT2D eigenvalue weighted by molar-refractivity contribution is 6.30. The molecule has 7 nitrogen and oxygen atoms in total. The van der Waals surface area contributed by atoms with Gasteiger partial charge in [-0.05, 0) is 57.2 Å². The quantitative estimate of drug-likeness (QED) is 0.736. The van der Waals surface area contributed by atoms with Crippen molar-refractivity contribution in [3.8, 4) is 17.2 Å². The first-order valence-electron chi connectivity index (χ1n) is 8.61. The Morgan fingerprint density at radius 1 is 1.11 bits per heavy atom. The molecule has 2 aromatic carbocycles. The minimum atomic E-state index is -1.29. The number of carbonyl (C=O) groups is 2. The van der Waals surface area contributed by atoms with Crippen molar-refractivity contribution in [2.75, 3.05) is 12.1 Å². The number of nitrogens with one attached hydrogen (secondary N) is 1. The molecule has 8 heteroatoms. The standard InChI is InChI=1S/C20H20ClNO6/c1-12(18(23)22-14-6-9-16-17(10-14)26-11-25-16)27-19(24)20(2,3)28-15-7-4-13(21)5-8-15/h4-10,12H,11H2,1-3H3,(H,22,23). The minimum Gasteiger partial charge on any atom is -0.476 e. The second-order valence-corrected chi connectivity index (χ2v) is 7.11. The van der Waals surface area contributed by atoms with Crippen LogP contribution in [0.15, 0.2) is 42.5 Å². The van der Waals surface area contributed by atoms with Crippen LogP contribution in [0, 0.1) is 0 Å². The Hall–Kier alpha value is -2.93. The van der Waals surface area contributed by atoms with Gasteiger partial charge in [0.2, 0.25) is 6.79 Å². The second-order valence-electron chi connectivity index (χ2n) is 6.67. The Morgan fingerprint density at radius 3 is 2.50 bits per heavy atom. The van der Waals surface area contributed by atoms with Crippen LogP contribution in [-0.2, 0) is 14.3 Å². The Labute approximate surface area is 167 Å². The molecular weight excluding hydrogens is 386 g/mol. The lowest BCUT2D eigenvalue weighted by Gasteiger charge is -2.26. The molecule has 1 atom stereocenters. The van der Waals surface area contributed by atoms with Gasteiger partial charge in [0.15, 0.2) is 23.2 Å². The van der Waals surface area contributed by atoms with Gasteiger partial charge in [-0.2, -0.15) is 0 Å². The molecule has 1 N–H and O–H groups in total. The molecule has 28 heavy (non-hydrogen) atoms. The van der Waals surface area contributed by atoms with Crippen molar-refractivity contribution >= 4 is 29.2 Å². The highest BCUT2D eigenvalue weighted by atomic mass is 35.5. The van der Waals surface area contributed by atoms with Gasteiger partial charge < -0.3 is 24.3 Å². The summed E-state index contributed by atoms with van der Waals surface area (Å²) in [6, 6.07) is 11.6. The molecule has 2 aromatic rings. The van der Waals surface area contributed by atoms with Gasteiger partial charge in [-0.1, -0.05) is 11.6 Å². The van der Waals surface area contributed by atoms with Gasteiger partial charge in [0.05, 0.1) is 0 Å². The fraction of sp³-hybridized carbons (Fsp3) is 0.300. The first kappa shape index (κ1) is 19.8. The molecule has 3 rings (SSSR count). The third kappa shape index (κ3) is 4.67. The van der Waals surface area contributed by atoms with Gasteiger partial charge in [0, 0.05) is 16.8 Å². The van der Waals surface area contributed by atoms with E-state index in [1.807, 2.05) is 0 Å². The summed E-state index contributed by atoms with van der Waals surface area (Å²) in [5.74, 6) is 0.465. The first-order valence-corrected chi connectivity index (χ1v) is 8.98. The van der Waals surface area contributed by atoms with E-state index in [4.69, 9.17) is 30.5 Å². The zero-order chi connectivity index (χ0) is 20.3. The summed E-state index contributed by atoms with van der Waals surface area (Å²) in [7, 11) is 0. The topological polar surface area (TPSA) is 83.1 Å². The summed E-state index contributed by atoms with van der Waals surface area (Å²) in [6.45, 7) is 4.75. The number of amides is 1. The summed E-state index contributed by atoms with van der Waals surface area (Å²) in [5.41, 5.74) is -0.782. The van der Waals surface area contributed by atoms with E-state index in [9.17, 15) is 9.59 Å². The Bertz CT molecular complexity index is 881. The van der Waals surface area contributed by atoms with Crippen LogP contribution in [0.5, 0.6) is 17.2 Å². The molecule has 1 heterocycles. The predicted molar refractivity (Wildman–Crippen MR) is 103 cm³/mol. The van der Waals surface area contributed by atoms with E-state index in [1.165, 1.54) is 6.92 Å². The van der Waals surface area contributed by atoms with Crippen LogP contribution in [-0.4, -0.2) is 30.4 Å². The number of benzene rings is 2. The monoisotopic (exact) mass is 405 g/mol. The van der Waals surface area contributed by atoms with Crippen LogP contribution in [0.25, 0.3) is 0 Å². The van der Waals surface area contributed by atoms with Gasteiger partial charge in [-0.3, -0.25) is 4.79 Å². The van der Waals surface area contributed by atoms with Crippen LogP contribution < -0.4 is 19.5 Å². The molecular formula is C20H20ClNO6. The summed E-state index contributed by atoms with van der Waals surface area (Å²) >= 11 is 5.84. The predicted octanol–water partition coefficient (Wildman–Crippen LogP) is 3.80. The van der Waals surface area contributed by atoms with E-state index in [2.05, 4.69) is 5.32 Å². The number of hydrogen-bond donors (Lipinski definition) is 1. The van der Waals surface area contributed by atoms with Crippen molar-refractivity contribution in [2.45, 2.75) is 32.5 Å². The zero-order valence-corrected chi connectivity index (χ0v) is 16.4. The molecule has 148 valence electrons. The number of rotatable bonds is 6. The van der Waals surface area contributed by atoms with E-state index in [-0.39, 0.29) is 6.79 Å². The lowest BCUT2D eigenvalue weighted by molar-refractivity contribution is -0.166. The SMILES string of the molecule is CC(OC(=O)C(C)(C)Oc1ccc(Cl)cc1)C(=O)Nc1ccc2c(c1)OCO2. The molecule has 0 saturated heterocycles. The molecule has 1 aliphatic heterocycles. The van der Waals surface area contributed by atoms with Gasteiger partial charge in [0.25, 0.3) is 5.91 Å². The molecule has 0 saturated carbocycles. The zero-order valence-electron chi connectivity index (χ0n) is 15.7. The highest BCUT2D eigenvalue weighted by Gasteiger charge is 2.34. The number of halogens is 1. The normalized spacial score (nSPS) is 13.6. The first-order chi connectivity index (χ1) is 13.2. The average molecular weight is 406 g/mol. The number of fused-ring (bicyclic) bond motifs is 1. The van der Waals surface area contributed by atoms with Gasteiger partial charge in [-0.25, -0.2) is 4.79 Å². The molecule has 0 aliphatic carbocycles. The molecule has 0 spiro atoms. The Kier molecular flexibility index (Phi) is 5.65. The third-order valence-electron chi connectivity index (χ3n) is 3.97. The van der Waals surface area contributed by atoms with Crippen molar-refractivity contribution in [3.63, 3.8) is 0 Å². The molecule has 1 aliphatic rings. The van der Waals surface area contributed by atoms with Gasteiger partial charge >= 0.3 is 5.97 Å². The van der Waals surface area contributed by atoms with Crippen LogP contribution >= 0.6 is 11.6 Å². The fourth-order valence-electron chi connectivity index (χ4n) is 2.41. The maximum atomic E-state index is 12.5. The maximum absolute atomic E-state index is 12.5. The lowest BCUT2D eigenvalue weighted by Crippen LogP contribution is -2.43. The summed E-state index contributed by atoms with van der Waals surface area (Å²) < 4.78 is 21.4. The lowest BCUT2D eigenvalue weighted by atomic mass is 10.1. The van der Waals surface area contributed by atoms with Gasteiger partial charge in [0.1, 0.15) is 5.75 Å². The van der Waals surface area contributed by atoms with Crippen LogP contribution in [0.3, 0.4) is 0 Å². The van der Waals surface area contributed by atoms with E-state index in [0.29, 0.717) is 28.0 Å². The molecule has 1 unspecified atom stereocenters. The largest absolute Gasteiger partial charge is 0.476 e.